The summed E-state index contributed by atoms with van der Waals surface area (Å²) >= 11 is 4.59. The van der Waals surface area contributed by atoms with Gasteiger partial charge in [-0.15, -0.1) is 12.6 Å². The molecule has 0 fully saturated rings. The van der Waals surface area contributed by atoms with Crippen LogP contribution in [-0.4, -0.2) is 27.4 Å². The molecule has 4 aromatic rings. The van der Waals surface area contributed by atoms with Crippen molar-refractivity contribution in [2.45, 2.75) is 19.6 Å². The predicted octanol–water partition coefficient (Wildman–Crippen LogP) is 5.48. The minimum absolute atomic E-state index is 0.0150. The van der Waals surface area contributed by atoms with E-state index in [1.165, 1.54) is 18.6 Å². The van der Waals surface area contributed by atoms with Gasteiger partial charge < -0.3 is 20.8 Å². The first-order valence-corrected chi connectivity index (χ1v) is 11.8. The number of nitrogen functional groups attached to an aromatic ring is 1. The number of hydrogen-bond acceptors (Lipinski definition) is 8. The van der Waals surface area contributed by atoms with E-state index in [0.29, 0.717) is 23.1 Å². The molecule has 0 aliphatic rings. The number of fused-ring (bicyclic) bond motifs is 1. The van der Waals surface area contributed by atoms with Crippen LogP contribution in [0, 0.1) is 0 Å². The average Bonchev–Trinajstić information content (AvgIpc) is 3.39. The highest BCUT2D eigenvalue weighted by Crippen LogP contribution is 2.30. The van der Waals surface area contributed by atoms with Crippen molar-refractivity contribution in [2.24, 2.45) is 0 Å². The summed E-state index contributed by atoms with van der Waals surface area (Å²) in [6, 6.07) is 10.8. The molecule has 3 aromatic heterocycles. The Morgan fingerprint density at radius 1 is 1.13 bits per heavy atom. The van der Waals surface area contributed by atoms with Crippen LogP contribution in [-0.2, 0) is 12.7 Å². The van der Waals surface area contributed by atoms with E-state index in [9.17, 15) is 18.0 Å². The van der Waals surface area contributed by atoms with Crippen molar-refractivity contribution in [1.82, 2.24) is 20.3 Å². The zero-order chi connectivity index (χ0) is 27.3. The van der Waals surface area contributed by atoms with Gasteiger partial charge in [0.2, 0.25) is 5.76 Å². The monoisotopic (exact) mass is 540 g/mol. The first-order valence-electron chi connectivity index (χ1n) is 11.3. The van der Waals surface area contributed by atoms with Crippen molar-refractivity contribution in [3.63, 3.8) is 0 Å². The van der Waals surface area contributed by atoms with Crippen molar-refractivity contribution >= 4 is 46.0 Å². The molecule has 1 aromatic carbocycles. The van der Waals surface area contributed by atoms with Gasteiger partial charge in [-0.2, -0.15) is 13.2 Å². The molecule has 0 unspecified atom stereocenters. The molecule has 8 nitrogen and oxygen atoms in total. The summed E-state index contributed by atoms with van der Waals surface area (Å²) in [6.07, 6.45) is 2.07. The summed E-state index contributed by atoms with van der Waals surface area (Å²) in [5, 5.41) is 6.40. The van der Waals surface area contributed by atoms with Crippen molar-refractivity contribution in [3.8, 4) is 0 Å². The number of thiol groups is 1. The Morgan fingerprint density at radius 3 is 2.71 bits per heavy atom. The molecule has 4 N–H and O–H groups in total. The van der Waals surface area contributed by atoms with Gasteiger partial charge in [0.1, 0.15) is 23.7 Å². The molecule has 38 heavy (non-hydrogen) atoms. The molecule has 12 heteroatoms. The molecule has 0 radical (unpaired) electrons. The highest BCUT2D eigenvalue weighted by Gasteiger charge is 2.34. The van der Waals surface area contributed by atoms with Crippen LogP contribution in [0.2, 0.25) is 0 Å². The average molecular weight is 541 g/mol. The molecule has 1 amide bonds. The summed E-state index contributed by atoms with van der Waals surface area (Å²) in [7, 11) is 0. The molecular weight excluding hydrogens is 517 g/mol. The van der Waals surface area contributed by atoms with E-state index in [1.807, 2.05) is 37.3 Å². The second kappa shape index (κ2) is 11.4. The summed E-state index contributed by atoms with van der Waals surface area (Å²) in [5.41, 5.74) is 8.70. The number of halogens is 3. The zero-order valence-corrected chi connectivity index (χ0v) is 21.0. The first-order chi connectivity index (χ1) is 18.1. The number of rotatable bonds is 8. The van der Waals surface area contributed by atoms with Gasteiger partial charge in [-0.1, -0.05) is 17.7 Å². The predicted molar refractivity (Wildman–Crippen MR) is 142 cm³/mol. The molecule has 0 spiro atoms. The van der Waals surface area contributed by atoms with Crippen molar-refractivity contribution in [3.05, 3.63) is 95.4 Å². The zero-order valence-electron chi connectivity index (χ0n) is 20.1. The van der Waals surface area contributed by atoms with Crippen LogP contribution in [0.25, 0.3) is 15.8 Å². The Morgan fingerprint density at radius 2 is 1.95 bits per heavy atom. The number of pyridine rings is 1. The fourth-order valence-corrected chi connectivity index (χ4v) is 3.67. The highest BCUT2D eigenvalue weighted by atomic mass is 32.1. The maximum atomic E-state index is 12.7. The number of nitrogens with two attached hydrogens (primary N) is 1. The third kappa shape index (κ3) is 6.51. The largest absolute Gasteiger partial charge is 0.455 e. The number of allylic oxidation sites excluding steroid dienone is 2. The summed E-state index contributed by atoms with van der Waals surface area (Å²) in [6.45, 7) is 2.07. The van der Waals surface area contributed by atoms with Gasteiger partial charge in [0.15, 0.2) is 0 Å². The van der Waals surface area contributed by atoms with Crippen molar-refractivity contribution < 1.29 is 22.4 Å². The lowest BCUT2D eigenvalue weighted by atomic mass is 10.1. The second-order valence-electron chi connectivity index (χ2n) is 8.26. The van der Waals surface area contributed by atoms with Crippen LogP contribution >= 0.6 is 12.6 Å². The van der Waals surface area contributed by atoms with Crippen molar-refractivity contribution in [2.75, 3.05) is 17.6 Å². The van der Waals surface area contributed by atoms with E-state index in [2.05, 4.69) is 38.2 Å². The van der Waals surface area contributed by atoms with E-state index in [0.717, 1.165) is 28.1 Å². The molecular formula is C26H23F3N6O2S. The minimum Gasteiger partial charge on any atom is -0.455 e. The summed E-state index contributed by atoms with van der Waals surface area (Å²) < 4.78 is 42.9. The van der Waals surface area contributed by atoms with Gasteiger partial charge in [-0.05, 0) is 55.0 Å². The summed E-state index contributed by atoms with van der Waals surface area (Å²) in [5.74, 6) is -0.930. The number of alkyl halides is 3. The van der Waals surface area contributed by atoms with Crippen LogP contribution in [0.15, 0.2) is 77.1 Å². The van der Waals surface area contributed by atoms with Gasteiger partial charge >= 0.3 is 6.18 Å². The van der Waals surface area contributed by atoms with Crippen molar-refractivity contribution in [1.29, 1.82) is 0 Å². The first kappa shape index (κ1) is 26.7. The number of amides is 1. The van der Waals surface area contributed by atoms with Crippen LogP contribution in [0.5, 0.6) is 0 Å². The Hall–Kier alpha value is -4.32. The van der Waals surface area contributed by atoms with Crippen LogP contribution in [0.4, 0.5) is 24.8 Å². The number of nitrogens with one attached hydrogen (secondary N) is 2. The lowest BCUT2D eigenvalue weighted by Gasteiger charge is -2.11. The smallest absolute Gasteiger partial charge is 0.449 e. The minimum atomic E-state index is -4.59. The Bertz CT molecular complexity index is 1530. The second-order valence-corrected chi connectivity index (χ2v) is 8.74. The standard InChI is InChI=1S/C26H23F3N6O2S/c1-15(4-8-21(38)16-5-7-20-19(11-16)23(30)35-14-34-20)12-32-24-18(3-2-10-31-24)25(36)33-13-17-6-9-22(37-17)26(27,28)29/h2-11,14,38H,12-13H2,1H3,(H,31,32)(H,33,36)(H2,30,34,35)/b15-4+,21-8-. The molecule has 0 aliphatic carbocycles. The van der Waals surface area contributed by atoms with Gasteiger partial charge in [-0.3, -0.25) is 4.79 Å². The number of furan rings is 1. The number of hydrogen-bond donors (Lipinski definition) is 4. The topological polar surface area (TPSA) is 119 Å². The Labute approximate surface area is 221 Å². The molecule has 3 heterocycles. The van der Waals surface area contributed by atoms with E-state index < -0.39 is 17.8 Å². The van der Waals surface area contributed by atoms with Gasteiger partial charge in [0.05, 0.1) is 17.6 Å². The van der Waals surface area contributed by atoms with Gasteiger partial charge in [0, 0.05) is 23.0 Å². The number of aromatic nitrogens is 3. The fourth-order valence-electron chi connectivity index (χ4n) is 3.45. The molecule has 0 atom stereocenters. The Kier molecular flexibility index (Phi) is 8.01. The van der Waals surface area contributed by atoms with E-state index in [4.69, 9.17) is 10.2 Å². The molecule has 196 valence electrons. The summed E-state index contributed by atoms with van der Waals surface area (Å²) in [4.78, 5) is 25.8. The molecule has 4 rings (SSSR count). The van der Waals surface area contributed by atoms with Gasteiger partial charge in [-0.25, -0.2) is 15.0 Å². The molecule has 0 saturated carbocycles. The molecule has 0 aliphatic heterocycles. The third-order valence-electron chi connectivity index (χ3n) is 5.44. The molecule has 0 bridgehead atoms. The number of nitrogens with zero attached hydrogens (tertiary/aromatic N) is 3. The third-order valence-corrected chi connectivity index (χ3v) is 5.85. The maximum absolute atomic E-state index is 12.7. The van der Waals surface area contributed by atoms with Crippen LogP contribution < -0.4 is 16.4 Å². The normalized spacial score (nSPS) is 12.6. The number of carbonyl (C=O) groups is 1. The van der Waals surface area contributed by atoms with E-state index >= 15 is 0 Å². The number of anilines is 2. The quantitative estimate of drug-likeness (QED) is 0.173. The number of carbonyl (C=O) groups excluding carboxylic acids is 1. The fraction of sp³-hybridized carbons (Fsp3) is 0.154. The SMILES string of the molecule is C/C(=C\C=C(/S)c1ccc2ncnc(N)c2c1)CNc1ncccc1C(=O)NCc1ccc(C(F)(F)F)o1. The number of benzene rings is 1. The lowest BCUT2D eigenvalue weighted by molar-refractivity contribution is -0.153. The maximum Gasteiger partial charge on any atom is 0.449 e. The van der Waals surface area contributed by atoms with E-state index in [1.54, 1.807) is 12.1 Å². The van der Waals surface area contributed by atoms with Crippen LogP contribution in [0.1, 0.15) is 34.4 Å². The van der Waals surface area contributed by atoms with Crippen LogP contribution in [0.3, 0.4) is 0 Å². The lowest BCUT2D eigenvalue weighted by Crippen LogP contribution is -2.24. The highest BCUT2D eigenvalue weighted by molar-refractivity contribution is 7.90. The Balaban J connectivity index is 1.39. The van der Waals surface area contributed by atoms with E-state index in [-0.39, 0.29) is 17.9 Å². The molecule has 0 saturated heterocycles. The van der Waals surface area contributed by atoms with Gasteiger partial charge in [0.25, 0.3) is 5.91 Å².